The van der Waals surface area contributed by atoms with E-state index in [9.17, 15) is 5.11 Å². The lowest BCUT2D eigenvalue weighted by Crippen LogP contribution is -2.30. The second-order valence-corrected chi connectivity index (χ2v) is 6.25. The third kappa shape index (κ3) is 5.57. The van der Waals surface area contributed by atoms with Crippen LogP contribution in [0.2, 0.25) is 0 Å². The normalized spacial score (nSPS) is 19.0. The fourth-order valence-corrected chi connectivity index (χ4v) is 2.92. The lowest BCUT2D eigenvalue weighted by molar-refractivity contribution is 0.146. The van der Waals surface area contributed by atoms with Gasteiger partial charge in [-0.25, -0.2) is 0 Å². The third-order valence-electron chi connectivity index (χ3n) is 4.38. The van der Waals surface area contributed by atoms with E-state index >= 15 is 0 Å². The van der Waals surface area contributed by atoms with Gasteiger partial charge in [0.25, 0.3) is 0 Å². The van der Waals surface area contributed by atoms with Crippen LogP contribution in [0.5, 0.6) is 11.5 Å². The predicted octanol–water partition coefficient (Wildman–Crippen LogP) is 1.76. The number of pyridine rings is 1. The van der Waals surface area contributed by atoms with Crippen LogP contribution in [0.25, 0.3) is 0 Å². The first-order valence-corrected chi connectivity index (χ1v) is 8.54. The van der Waals surface area contributed by atoms with Gasteiger partial charge in [-0.3, -0.25) is 4.98 Å². The van der Waals surface area contributed by atoms with Crippen LogP contribution in [0.15, 0.2) is 42.7 Å². The molecule has 1 saturated heterocycles. The average molecular weight is 380 g/mol. The van der Waals surface area contributed by atoms with Crippen LogP contribution in [-0.4, -0.2) is 42.9 Å². The Hall–Kier alpha value is -1.86. The Morgan fingerprint density at radius 3 is 2.81 bits per heavy atom. The van der Waals surface area contributed by atoms with Crippen molar-refractivity contribution >= 4 is 12.4 Å². The zero-order valence-corrected chi connectivity index (χ0v) is 15.7. The van der Waals surface area contributed by atoms with Crippen LogP contribution in [-0.2, 0) is 13.2 Å². The van der Waals surface area contributed by atoms with Gasteiger partial charge in [-0.1, -0.05) is 12.1 Å². The minimum Gasteiger partial charge on any atom is -0.493 e. The molecule has 1 aromatic heterocycles. The molecule has 6 nitrogen and oxygen atoms in total. The fraction of sp³-hybridized carbons (Fsp3) is 0.421. The quantitative estimate of drug-likeness (QED) is 0.649. The number of β-amino-alcohol motifs (C(OH)–C–C–N with tert-alkyl or cyclic N) is 1. The van der Waals surface area contributed by atoms with Crippen molar-refractivity contribution in [2.75, 3.05) is 26.7 Å². The molecule has 7 heteroatoms. The number of halogens is 1. The molecule has 1 aliphatic heterocycles. The summed E-state index contributed by atoms with van der Waals surface area (Å²) in [4.78, 5) is 4.09. The van der Waals surface area contributed by atoms with E-state index in [0.29, 0.717) is 24.7 Å². The Morgan fingerprint density at radius 1 is 1.23 bits per heavy atom. The molecule has 2 unspecified atom stereocenters. The van der Waals surface area contributed by atoms with E-state index in [-0.39, 0.29) is 24.4 Å². The summed E-state index contributed by atoms with van der Waals surface area (Å²) in [7, 11) is 1.64. The second kappa shape index (κ2) is 10.3. The summed E-state index contributed by atoms with van der Waals surface area (Å²) in [5.41, 5.74) is 2.12. The number of nitrogens with zero attached hydrogens (tertiary/aromatic N) is 1. The first-order chi connectivity index (χ1) is 12.3. The maximum absolute atomic E-state index is 9.83. The van der Waals surface area contributed by atoms with Gasteiger partial charge >= 0.3 is 0 Å². The molecule has 1 aromatic carbocycles. The van der Waals surface area contributed by atoms with Crippen molar-refractivity contribution in [1.29, 1.82) is 0 Å². The van der Waals surface area contributed by atoms with Crippen LogP contribution >= 0.6 is 12.4 Å². The summed E-state index contributed by atoms with van der Waals surface area (Å²) < 4.78 is 11.3. The molecule has 0 bridgehead atoms. The summed E-state index contributed by atoms with van der Waals surface area (Å²) in [6.45, 7) is 3.49. The Bertz CT molecular complexity index is 672. The van der Waals surface area contributed by atoms with Gasteiger partial charge in [0.05, 0.1) is 13.2 Å². The molecule has 0 saturated carbocycles. The molecule has 3 rings (SSSR count). The number of methoxy groups -OCH3 is 1. The minimum atomic E-state index is -0.262. The van der Waals surface area contributed by atoms with E-state index < -0.39 is 0 Å². The van der Waals surface area contributed by atoms with Crippen LogP contribution < -0.4 is 20.1 Å². The van der Waals surface area contributed by atoms with Gasteiger partial charge in [0.15, 0.2) is 11.5 Å². The van der Waals surface area contributed by atoms with Crippen LogP contribution in [0.4, 0.5) is 0 Å². The smallest absolute Gasteiger partial charge is 0.161 e. The highest BCUT2D eigenvalue weighted by atomic mass is 35.5. The number of nitrogens with one attached hydrogen (secondary N) is 2. The van der Waals surface area contributed by atoms with Gasteiger partial charge in [0.2, 0.25) is 0 Å². The Labute approximate surface area is 160 Å². The summed E-state index contributed by atoms with van der Waals surface area (Å²) in [6, 6.07) is 9.80. The van der Waals surface area contributed by atoms with Gasteiger partial charge in [0.1, 0.15) is 6.61 Å². The molecule has 0 radical (unpaired) electrons. The van der Waals surface area contributed by atoms with E-state index in [4.69, 9.17) is 9.47 Å². The van der Waals surface area contributed by atoms with E-state index in [2.05, 4.69) is 15.6 Å². The second-order valence-electron chi connectivity index (χ2n) is 6.25. The maximum atomic E-state index is 9.83. The maximum Gasteiger partial charge on any atom is 0.161 e. The number of hydrogen-bond acceptors (Lipinski definition) is 6. The minimum absolute atomic E-state index is 0. The fourth-order valence-electron chi connectivity index (χ4n) is 2.92. The topological polar surface area (TPSA) is 75.6 Å². The molecule has 0 amide bonds. The van der Waals surface area contributed by atoms with Gasteiger partial charge in [-0.15, -0.1) is 12.4 Å². The van der Waals surface area contributed by atoms with E-state index in [1.807, 2.05) is 30.3 Å². The highest BCUT2D eigenvalue weighted by Crippen LogP contribution is 2.28. The molecule has 1 fully saturated rings. The molecular weight excluding hydrogens is 354 g/mol. The van der Waals surface area contributed by atoms with Crippen molar-refractivity contribution in [2.45, 2.75) is 19.3 Å². The Balaban J connectivity index is 0.00000243. The highest BCUT2D eigenvalue weighted by molar-refractivity contribution is 5.85. The molecule has 2 atom stereocenters. The van der Waals surface area contributed by atoms with Crippen molar-refractivity contribution in [2.24, 2.45) is 5.92 Å². The number of hydrogen-bond donors (Lipinski definition) is 3. The molecule has 2 aromatic rings. The van der Waals surface area contributed by atoms with Gasteiger partial charge < -0.3 is 25.2 Å². The molecular formula is C19H26ClN3O3. The zero-order valence-electron chi connectivity index (χ0n) is 14.9. The molecule has 142 valence electrons. The number of ether oxygens (including phenoxy) is 2. The first kappa shape index (κ1) is 20.5. The zero-order chi connectivity index (χ0) is 17.5. The molecule has 26 heavy (non-hydrogen) atoms. The Morgan fingerprint density at radius 2 is 2.12 bits per heavy atom. The van der Waals surface area contributed by atoms with Gasteiger partial charge in [-0.2, -0.15) is 0 Å². The number of benzene rings is 1. The number of aliphatic hydroxyl groups is 1. The lowest BCUT2D eigenvalue weighted by atomic mass is 10.1. The number of aliphatic hydroxyl groups excluding tert-OH is 1. The van der Waals surface area contributed by atoms with Gasteiger partial charge in [0, 0.05) is 50.1 Å². The number of aromatic nitrogens is 1. The summed E-state index contributed by atoms with van der Waals surface area (Å²) >= 11 is 0. The van der Waals surface area contributed by atoms with Crippen molar-refractivity contribution in [3.8, 4) is 11.5 Å². The van der Waals surface area contributed by atoms with Crippen molar-refractivity contribution < 1.29 is 14.6 Å². The van der Waals surface area contributed by atoms with E-state index in [1.165, 1.54) is 0 Å². The SMILES string of the molecule is COc1ccc(CNCC2CNCC2O)cc1OCc1cccnc1.Cl. The van der Waals surface area contributed by atoms with Crippen LogP contribution in [0.1, 0.15) is 11.1 Å². The van der Waals surface area contributed by atoms with Gasteiger partial charge in [-0.05, 0) is 23.8 Å². The predicted molar refractivity (Wildman–Crippen MR) is 103 cm³/mol. The number of rotatable bonds is 8. The molecule has 3 N–H and O–H groups in total. The van der Waals surface area contributed by atoms with E-state index in [1.54, 1.807) is 19.5 Å². The summed E-state index contributed by atoms with van der Waals surface area (Å²) in [6.07, 6.45) is 3.27. The van der Waals surface area contributed by atoms with Crippen molar-refractivity contribution in [3.63, 3.8) is 0 Å². The first-order valence-electron chi connectivity index (χ1n) is 8.54. The molecule has 0 aliphatic carbocycles. The average Bonchev–Trinajstić information content (AvgIpc) is 3.06. The monoisotopic (exact) mass is 379 g/mol. The summed E-state index contributed by atoms with van der Waals surface area (Å²) in [5.74, 6) is 1.69. The summed E-state index contributed by atoms with van der Waals surface area (Å²) in [5, 5.41) is 16.4. The lowest BCUT2D eigenvalue weighted by Gasteiger charge is -2.15. The molecule has 2 heterocycles. The largest absolute Gasteiger partial charge is 0.493 e. The van der Waals surface area contributed by atoms with Crippen LogP contribution in [0, 0.1) is 5.92 Å². The highest BCUT2D eigenvalue weighted by Gasteiger charge is 2.24. The van der Waals surface area contributed by atoms with Crippen LogP contribution in [0.3, 0.4) is 0 Å². The van der Waals surface area contributed by atoms with E-state index in [0.717, 1.165) is 30.8 Å². The van der Waals surface area contributed by atoms with Crippen molar-refractivity contribution in [1.82, 2.24) is 15.6 Å². The molecule has 1 aliphatic rings. The van der Waals surface area contributed by atoms with Crippen molar-refractivity contribution in [3.05, 3.63) is 53.9 Å². The Kier molecular flexibility index (Phi) is 8.12. The third-order valence-corrected chi connectivity index (χ3v) is 4.38. The molecule has 0 spiro atoms. The standard InChI is InChI=1S/C19H25N3O3.ClH/c1-24-18-5-4-14(8-21-10-16-11-22-12-17(16)23)7-19(18)25-13-15-3-2-6-20-9-15;/h2-7,9,16-17,21-23H,8,10-13H2,1H3;1H.